The van der Waals surface area contributed by atoms with E-state index in [0.29, 0.717) is 0 Å². The first kappa shape index (κ1) is 19.9. The van der Waals surface area contributed by atoms with Gasteiger partial charge in [-0.25, -0.2) is 0 Å². The molecule has 0 fully saturated rings. The van der Waals surface area contributed by atoms with E-state index in [1.54, 1.807) is 0 Å². The lowest BCUT2D eigenvalue weighted by atomic mass is 10.1. The van der Waals surface area contributed by atoms with Crippen molar-refractivity contribution in [1.29, 1.82) is 0 Å². The first-order valence-electron chi connectivity index (χ1n) is 9.27. The second kappa shape index (κ2) is 17.0. The maximum atomic E-state index is 5.73. The zero-order valence-corrected chi connectivity index (χ0v) is 14.3. The SMILES string of the molecule is CCCCCCCCN(CCN)CCCCCCCC. The van der Waals surface area contributed by atoms with E-state index >= 15 is 0 Å². The quantitative estimate of drug-likeness (QED) is 0.406. The number of hydrogen-bond donors (Lipinski definition) is 1. The Morgan fingerprint density at radius 1 is 0.550 bits per heavy atom. The Morgan fingerprint density at radius 2 is 0.950 bits per heavy atom. The van der Waals surface area contributed by atoms with Gasteiger partial charge in [-0.3, -0.25) is 0 Å². The van der Waals surface area contributed by atoms with Crippen LogP contribution in [-0.2, 0) is 0 Å². The predicted molar refractivity (Wildman–Crippen MR) is 92.2 cm³/mol. The highest BCUT2D eigenvalue weighted by Crippen LogP contribution is 2.08. The molecule has 0 spiro atoms. The molecule has 2 heteroatoms. The van der Waals surface area contributed by atoms with Crippen molar-refractivity contribution in [2.24, 2.45) is 5.73 Å². The minimum atomic E-state index is 0.811. The van der Waals surface area contributed by atoms with E-state index in [1.807, 2.05) is 0 Å². The molecule has 0 heterocycles. The summed E-state index contributed by atoms with van der Waals surface area (Å²) < 4.78 is 0. The number of nitrogens with two attached hydrogens (primary N) is 1. The van der Waals surface area contributed by atoms with Crippen LogP contribution in [0.3, 0.4) is 0 Å². The molecule has 0 unspecified atom stereocenters. The van der Waals surface area contributed by atoms with E-state index in [2.05, 4.69) is 18.7 Å². The Labute approximate surface area is 128 Å². The van der Waals surface area contributed by atoms with Crippen molar-refractivity contribution in [3.05, 3.63) is 0 Å². The van der Waals surface area contributed by atoms with Crippen molar-refractivity contribution in [3.8, 4) is 0 Å². The average Bonchev–Trinajstić information content (AvgIpc) is 2.46. The van der Waals surface area contributed by atoms with E-state index in [9.17, 15) is 0 Å². The van der Waals surface area contributed by atoms with E-state index in [0.717, 1.165) is 13.1 Å². The van der Waals surface area contributed by atoms with Crippen LogP contribution in [0.25, 0.3) is 0 Å². The maximum absolute atomic E-state index is 5.73. The average molecular weight is 285 g/mol. The van der Waals surface area contributed by atoms with E-state index in [-0.39, 0.29) is 0 Å². The summed E-state index contributed by atoms with van der Waals surface area (Å²) in [5, 5.41) is 0. The molecule has 0 aromatic carbocycles. The summed E-state index contributed by atoms with van der Waals surface area (Å²) in [6.45, 7) is 8.99. The lowest BCUT2D eigenvalue weighted by Gasteiger charge is -2.21. The molecule has 0 saturated carbocycles. The van der Waals surface area contributed by atoms with Crippen molar-refractivity contribution in [2.75, 3.05) is 26.2 Å². The van der Waals surface area contributed by atoms with Gasteiger partial charge in [0.15, 0.2) is 0 Å². The summed E-state index contributed by atoms with van der Waals surface area (Å²) in [5.74, 6) is 0. The van der Waals surface area contributed by atoms with Gasteiger partial charge in [-0.2, -0.15) is 0 Å². The van der Waals surface area contributed by atoms with Gasteiger partial charge in [-0.1, -0.05) is 78.1 Å². The lowest BCUT2D eigenvalue weighted by molar-refractivity contribution is 0.267. The summed E-state index contributed by atoms with van der Waals surface area (Å²) >= 11 is 0. The minimum Gasteiger partial charge on any atom is -0.329 e. The van der Waals surface area contributed by atoms with Crippen LogP contribution in [0.4, 0.5) is 0 Å². The van der Waals surface area contributed by atoms with Crippen LogP contribution in [0.15, 0.2) is 0 Å². The molecular formula is C18H40N2. The third-order valence-electron chi connectivity index (χ3n) is 4.10. The van der Waals surface area contributed by atoms with E-state index < -0.39 is 0 Å². The molecule has 0 radical (unpaired) electrons. The fourth-order valence-corrected chi connectivity index (χ4v) is 2.75. The van der Waals surface area contributed by atoms with Gasteiger partial charge in [0.2, 0.25) is 0 Å². The highest BCUT2D eigenvalue weighted by atomic mass is 15.1. The normalized spacial score (nSPS) is 11.4. The fourth-order valence-electron chi connectivity index (χ4n) is 2.75. The Morgan fingerprint density at radius 3 is 1.35 bits per heavy atom. The number of nitrogens with zero attached hydrogens (tertiary/aromatic N) is 1. The summed E-state index contributed by atoms with van der Waals surface area (Å²) in [5.41, 5.74) is 5.73. The van der Waals surface area contributed by atoms with Crippen molar-refractivity contribution in [3.63, 3.8) is 0 Å². The summed E-state index contributed by atoms with van der Waals surface area (Å²) in [4.78, 5) is 2.58. The van der Waals surface area contributed by atoms with Crippen LogP contribution in [0.5, 0.6) is 0 Å². The third-order valence-corrected chi connectivity index (χ3v) is 4.10. The fraction of sp³-hybridized carbons (Fsp3) is 1.00. The van der Waals surface area contributed by atoms with Crippen LogP contribution < -0.4 is 5.73 Å². The monoisotopic (exact) mass is 284 g/mol. The molecule has 0 bridgehead atoms. The second-order valence-corrected chi connectivity index (χ2v) is 6.17. The van der Waals surface area contributed by atoms with Crippen molar-refractivity contribution in [2.45, 2.75) is 90.9 Å². The Kier molecular flexibility index (Phi) is 16.9. The molecule has 20 heavy (non-hydrogen) atoms. The predicted octanol–water partition coefficient (Wildman–Crippen LogP) is 4.97. The topological polar surface area (TPSA) is 29.3 Å². The summed E-state index contributed by atoms with van der Waals surface area (Å²) in [6.07, 6.45) is 16.7. The van der Waals surface area contributed by atoms with Gasteiger partial charge < -0.3 is 10.6 Å². The molecule has 0 rings (SSSR count). The van der Waals surface area contributed by atoms with Crippen LogP contribution in [0, 0.1) is 0 Å². The van der Waals surface area contributed by atoms with Crippen molar-refractivity contribution < 1.29 is 0 Å². The van der Waals surface area contributed by atoms with Gasteiger partial charge in [0.25, 0.3) is 0 Å². The highest BCUT2D eigenvalue weighted by Gasteiger charge is 2.03. The lowest BCUT2D eigenvalue weighted by Crippen LogP contribution is -2.31. The molecule has 0 saturated heterocycles. The third kappa shape index (κ3) is 14.3. The molecule has 0 aliphatic heterocycles. The molecule has 2 nitrogen and oxygen atoms in total. The van der Waals surface area contributed by atoms with E-state index in [1.165, 1.54) is 90.1 Å². The van der Waals surface area contributed by atoms with Crippen LogP contribution in [0.1, 0.15) is 90.9 Å². The largest absolute Gasteiger partial charge is 0.329 e. The van der Waals surface area contributed by atoms with Gasteiger partial charge >= 0.3 is 0 Å². The molecule has 0 aliphatic rings. The van der Waals surface area contributed by atoms with E-state index in [4.69, 9.17) is 5.73 Å². The molecular weight excluding hydrogens is 244 g/mol. The summed E-state index contributed by atoms with van der Waals surface area (Å²) in [6, 6.07) is 0. The van der Waals surface area contributed by atoms with Gasteiger partial charge in [-0.05, 0) is 25.9 Å². The first-order chi connectivity index (χ1) is 9.85. The zero-order valence-electron chi connectivity index (χ0n) is 14.3. The zero-order chi connectivity index (χ0) is 14.9. The van der Waals surface area contributed by atoms with Crippen molar-refractivity contribution in [1.82, 2.24) is 4.90 Å². The van der Waals surface area contributed by atoms with Crippen LogP contribution in [0.2, 0.25) is 0 Å². The van der Waals surface area contributed by atoms with Gasteiger partial charge in [-0.15, -0.1) is 0 Å². The first-order valence-corrected chi connectivity index (χ1v) is 9.27. The van der Waals surface area contributed by atoms with Crippen LogP contribution in [-0.4, -0.2) is 31.1 Å². The van der Waals surface area contributed by atoms with Gasteiger partial charge in [0.1, 0.15) is 0 Å². The standard InChI is InChI=1S/C18H40N2/c1-3-5-7-9-11-13-16-20(18-15-19)17-14-12-10-8-6-4-2/h3-19H2,1-2H3. The molecule has 0 amide bonds. The molecule has 0 aromatic rings. The molecule has 0 aliphatic carbocycles. The maximum Gasteiger partial charge on any atom is 0.0105 e. The molecule has 2 N–H and O–H groups in total. The molecule has 0 aromatic heterocycles. The Balaban J connectivity index is 3.45. The Hall–Kier alpha value is -0.0800. The number of hydrogen-bond acceptors (Lipinski definition) is 2. The minimum absolute atomic E-state index is 0.811. The smallest absolute Gasteiger partial charge is 0.0105 e. The summed E-state index contributed by atoms with van der Waals surface area (Å²) in [7, 11) is 0. The van der Waals surface area contributed by atoms with Gasteiger partial charge in [0, 0.05) is 13.1 Å². The molecule has 122 valence electrons. The second-order valence-electron chi connectivity index (χ2n) is 6.17. The van der Waals surface area contributed by atoms with Gasteiger partial charge in [0.05, 0.1) is 0 Å². The highest BCUT2D eigenvalue weighted by molar-refractivity contribution is 4.59. The van der Waals surface area contributed by atoms with Crippen LogP contribution >= 0.6 is 0 Å². The van der Waals surface area contributed by atoms with Crippen molar-refractivity contribution >= 4 is 0 Å². The molecule has 0 atom stereocenters. The number of rotatable bonds is 16. The Bertz CT molecular complexity index is 155. The number of unbranched alkanes of at least 4 members (excludes halogenated alkanes) is 10.